The van der Waals surface area contributed by atoms with Gasteiger partial charge in [0, 0.05) is 24.4 Å². The Kier molecular flexibility index (Phi) is 5.12. The smallest absolute Gasteiger partial charge is 0.231 e. The van der Waals surface area contributed by atoms with E-state index < -0.39 is 0 Å². The van der Waals surface area contributed by atoms with Gasteiger partial charge in [0.15, 0.2) is 11.5 Å². The zero-order valence-electron chi connectivity index (χ0n) is 16.3. The molecular weight excluding hydrogens is 326 g/mol. The Balaban J connectivity index is 1.77. The number of hydrogen-bond donors (Lipinski definition) is 0. The van der Waals surface area contributed by atoms with Crippen molar-refractivity contribution in [1.82, 2.24) is 4.90 Å². The summed E-state index contributed by atoms with van der Waals surface area (Å²) in [5.41, 5.74) is 2.87. The molecule has 0 amide bonds. The monoisotopic (exact) mass is 357 g/mol. The van der Waals surface area contributed by atoms with Crippen LogP contribution in [0.25, 0.3) is 0 Å². The Morgan fingerprint density at radius 3 is 2.69 bits per heavy atom. The lowest BCUT2D eigenvalue weighted by molar-refractivity contribution is 0.173. The molecule has 1 aliphatic carbocycles. The molecule has 142 valence electrons. The van der Waals surface area contributed by atoms with Gasteiger partial charge in [0.1, 0.15) is 0 Å². The number of allylic oxidation sites excluding steroid dienone is 1. The Hall–Kier alpha value is -1.68. The van der Waals surface area contributed by atoms with Gasteiger partial charge in [-0.1, -0.05) is 26.7 Å². The molecular formula is C22H31NO3. The van der Waals surface area contributed by atoms with E-state index >= 15 is 0 Å². The zero-order valence-corrected chi connectivity index (χ0v) is 16.3. The average molecular weight is 357 g/mol. The number of benzene rings is 1. The van der Waals surface area contributed by atoms with Crippen LogP contribution in [0.15, 0.2) is 24.0 Å². The molecule has 26 heavy (non-hydrogen) atoms. The Labute approximate surface area is 157 Å². The highest BCUT2D eigenvalue weighted by Crippen LogP contribution is 2.49. The molecule has 3 aliphatic rings. The predicted molar refractivity (Wildman–Crippen MR) is 103 cm³/mol. The van der Waals surface area contributed by atoms with Gasteiger partial charge in [-0.3, -0.25) is 4.90 Å². The van der Waals surface area contributed by atoms with Gasteiger partial charge in [-0.25, -0.2) is 0 Å². The molecule has 3 unspecified atom stereocenters. The van der Waals surface area contributed by atoms with E-state index in [0.29, 0.717) is 24.7 Å². The lowest BCUT2D eigenvalue weighted by Gasteiger charge is -2.32. The Morgan fingerprint density at radius 2 is 1.96 bits per heavy atom. The second-order valence-corrected chi connectivity index (χ2v) is 7.73. The molecule has 0 saturated heterocycles. The standard InChI is InChI=1S/C22H31NO3/c1-4-6-7-16-19(24-3)13-18-22(16)17-12-21-20(25-14-26-21)11-15(17)8-10-23(18)9-5-2/h11-13,16,18,22H,4-10,14H2,1-3H3. The maximum Gasteiger partial charge on any atom is 0.231 e. The van der Waals surface area contributed by atoms with Crippen molar-refractivity contribution in [1.29, 1.82) is 0 Å². The topological polar surface area (TPSA) is 30.9 Å². The summed E-state index contributed by atoms with van der Waals surface area (Å²) in [7, 11) is 1.83. The van der Waals surface area contributed by atoms with Crippen molar-refractivity contribution in [2.75, 3.05) is 27.0 Å². The second-order valence-electron chi connectivity index (χ2n) is 7.73. The van der Waals surface area contributed by atoms with Crippen molar-refractivity contribution in [2.24, 2.45) is 5.92 Å². The molecule has 1 aromatic carbocycles. The third-order valence-electron chi connectivity index (χ3n) is 6.20. The highest BCUT2D eigenvalue weighted by atomic mass is 16.7. The molecule has 0 spiro atoms. The number of fused-ring (bicyclic) bond motifs is 4. The van der Waals surface area contributed by atoms with Gasteiger partial charge in [-0.15, -0.1) is 0 Å². The van der Waals surface area contributed by atoms with Crippen molar-refractivity contribution in [3.05, 3.63) is 35.1 Å². The fourth-order valence-electron chi connectivity index (χ4n) is 5.00. The molecule has 0 N–H and O–H groups in total. The third kappa shape index (κ3) is 2.98. The van der Waals surface area contributed by atoms with E-state index in [1.54, 1.807) is 0 Å². The number of rotatable bonds is 6. The van der Waals surface area contributed by atoms with Crippen LogP contribution in [-0.2, 0) is 11.2 Å². The highest BCUT2D eigenvalue weighted by Gasteiger charge is 2.44. The molecule has 1 aromatic rings. The van der Waals surface area contributed by atoms with Gasteiger partial charge in [-0.05, 0) is 55.1 Å². The minimum absolute atomic E-state index is 0.342. The van der Waals surface area contributed by atoms with E-state index in [-0.39, 0.29) is 0 Å². The first-order valence-corrected chi connectivity index (χ1v) is 10.2. The first-order chi connectivity index (χ1) is 12.8. The third-order valence-corrected chi connectivity index (χ3v) is 6.20. The van der Waals surface area contributed by atoms with Crippen molar-refractivity contribution in [3.8, 4) is 11.5 Å². The molecule has 2 aliphatic heterocycles. The molecule has 3 atom stereocenters. The summed E-state index contributed by atoms with van der Waals surface area (Å²) in [6.45, 7) is 7.11. The summed E-state index contributed by atoms with van der Waals surface area (Å²) in [5.74, 6) is 3.91. The summed E-state index contributed by atoms with van der Waals surface area (Å²) < 4.78 is 17.2. The Morgan fingerprint density at radius 1 is 1.15 bits per heavy atom. The quantitative estimate of drug-likeness (QED) is 0.751. The largest absolute Gasteiger partial charge is 0.501 e. The number of methoxy groups -OCH3 is 1. The molecule has 0 radical (unpaired) electrons. The van der Waals surface area contributed by atoms with E-state index in [1.165, 1.54) is 42.6 Å². The van der Waals surface area contributed by atoms with Crippen LogP contribution in [0.5, 0.6) is 11.5 Å². The summed E-state index contributed by atoms with van der Waals surface area (Å²) in [5, 5.41) is 0. The fourth-order valence-corrected chi connectivity index (χ4v) is 5.00. The minimum atomic E-state index is 0.342. The van der Waals surface area contributed by atoms with Crippen molar-refractivity contribution in [2.45, 2.75) is 57.9 Å². The number of unbranched alkanes of at least 4 members (excludes halogenated alkanes) is 1. The summed E-state index contributed by atoms with van der Waals surface area (Å²) in [6.07, 6.45) is 8.30. The van der Waals surface area contributed by atoms with Crippen LogP contribution < -0.4 is 9.47 Å². The van der Waals surface area contributed by atoms with Crippen LogP contribution >= 0.6 is 0 Å². The van der Waals surface area contributed by atoms with E-state index in [9.17, 15) is 0 Å². The second kappa shape index (κ2) is 7.51. The number of ether oxygens (including phenoxy) is 3. The fraction of sp³-hybridized carbons (Fsp3) is 0.636. The molecule has 0 fully saturated rings. The molecule has 0 saturated carbocycles. The normalized spacial score (nSPS) is 26.9. The minimum Gasteiger partial charge on any atom is -0.501 e. The van der Waals surface area contributed by atoms with Crippen LogP contribution in [0.3, 0.4) is 0 Å². The molecule has 4 nitrogen and oxygen atoms in total. The SMILES string of the molecule is CCCCC1C(OC)=CC2C1c1cc3c(cc1CCN2CCC)OCO3. The van der Waals surface area contributed by atoms with Crippen LogP contribution in [0.4, 0.5) is 0 Å². The van der Waals surface area contributed by atoms with E-state index in [4.69, 9.17) is 14.2 Å². The zero-order chi connectivity index (χ0) is 18.1. The van der Waals surface area contributed by atoms with Crippen LogP contribution in [-0.4, -0.2) is 37.9 Å². The van der Waals surface area contributed by atoms with Gasteiger partial charge < -0.3 is 14.2 Å². The number of hydrogen-bond acceptors (Lipinski definition) is 4. The average Bonchev–Trinajstić information content (AvgIpc) is 3.22. The highest BCUT2D eigenvalue weighted by molar-refractivity contribution is 5.52. The maximum atomic E-state index is 5.87. The number of nitrogens with zero attached hydrogens (tertiary/aromatic N) is 1. The summed E-state index contributed by atoms with van der Waals surface area (Å²) in [6, 6.07) is 4.91. The molecule has 4 heteroatoms. The van der Waals surface area contributed by atoms with E-state index in [0.717, 1.165) is 31.0 Å². The van der Waals surface area contributed by atoms with Gasteiger partial charge >= 0.3 is 0 Å². The van der Waals surface area contributed by atoms with Crippen molar-refractivity contribution in [3.63, 3.8) is 0 Å². The summed E-state index contributed by atoms with van der Waals surface area (Å²) in [4.78, 5) is 2.66. The van der Waals surface area contributed by atoms with Gasteiger partial charge in [-0.2, -0.15) is 0 Å². The van der Waals surface area contributed by atoms with Crippen LogP contribution in [0.2, 0.25) is 0 Å². The first-order valence-electron chi connectivity index (χ1n) is 10.2. The van der Waals surface area contributed by atoms with E-state index in [1.807, 2.05) is 7.11 Å². The van der Waals surface area contributed by atoms with Crippen LogP contribution in [0, 0.1) is 5.92 Å². The molecule has 4 rings (SSSR count). The molecule has 0 bridgehead atoms. The first kappa shape index (κ1) is 17.7. The maximum absolute atomic E-state index is 5.87. The van der Waals surface area contributed by atoms with Crippen LogP contribution in [0.1, 0.15) is 56.6 Å². The predicted octanol–water partition coefficient (Wildman–Crippen LogP) is 4.49. The Bertz CT molecular complexity index is 684. The lowest BCUT2D eigenvalue weighted by atomic mass is 9.80. The van der Waals surface area contributed by atoms with Crippen molar-refractivity contribution < 1.29 is 14.2 Å². The summed E-state index contributed by atoms with van der Waals surface area (Å²) >= 11 is 0. The lowest BCUT2D eigenvalue weighted by Crippen LogP contribution is -2.38. The van der Waals surface area contributed by atoms with E-state index in [2.05, 4.69) is 37.0 Å². The van der Waals surface area contributed by atoms with Gasteiger partial charge in [0.2, 0.25) is 6.79 Å². The van der Waals surface area contributed by atoms with Gasteiger partial charge in [0.05, 0.1) is 12.9 Å². The molecule has 2 heterocycles. The van der Waals surface area contributed by atoms with Crippen molar-refractivity contribution >= 4 is 0 Å². The van der Waals surface area contributed by atoms with Gasteiger partial charge in [0.25, 0.3) is 0 Å². The molecule has 0 aromatic heterocycles.